The maximum Gasteiger partial charge on any atom is 0.230 e. The van der Waals surface area contributed by atoms with Crippen molar-refractivity contribution in [3.63, 3.8) is 0 Å². The first-order chi connectivity index (χ1) is 9.65. The van der Waals surface area contributed by atoms with E-state index in [1.807, 2.05) is 12.1 Å². The van der Waals surface area contributed by atoms with Crippen molar-refractivity contribution in [3.05, 3.63) is 29.8 Å². The van der Waals surface area contributed by atoms with Crippen LogP contribution in [-0.4, -0.2) is 36.7 Å². The van der Waals surface area contributed by atoms with Gasteiger partial charge in [-0.1, -0.05) is 12.1 Å². The molecule has 0 saturated carbocycles. The lowest BCUT2D eigenvalue weighted by Gasteiger charge is -2.10. The molecule has 1 aromatic carbocycles. The van der Waals surface area contributed by atoms with Crippen molar-refractivity contribution in [2.45, 2.75) is 30.8 Å². The van der Waals surface area contributed by atoms with Crippen LogP contribution in [0.1, 0.15) is 30.1 Å². The van der Waals surface area contributed by atoms with Crippen LogP contribution in [0, 0.1) is 0 Å². The molecular formula is C15H19NO3S. The third-order valence-corrected chi connectivity index (χ3v) is 4.19. The molecule has 1 aliphatic rings. The Morgan fingerprint density at radius 3 is 2.70 bits per heavy atom. The van der Waals surface area contributed by atoms with Gasteiger partial charge in [0.15, 0.2) is 5.78 Å². The van der Waals surface area contributed by atoms with Crippen LogP contribution < -0.4 is 5.32 Å². The van der Waals surface area contributed by atoms with Gasteiger partial charge in [-0.2, -0.15) is 0 Å². The van der Waals surface area contributed by atoms with Crippen LogP contribution in [0.15, 0.2) is 29.2 Å². The fourth-order valence-electron chi connectivity index (χ4n) is 2.02. The van der Waals surface area contributed by atoms with Gasteiger partial charge in [0, 0.05) is 23.6 Å². The van der Waals surface area contributed by atoms with Crippen molar-refractivity contribution >= 4 is 23.5 Å². The summed E-state index contributed by atoms with van der Waals surface area (Å²) in [6.07, 6.45) is 2.29. The zero-order valence-electron chi connectivity index (χ0n) is 11.6. The van der Waals surface area contributed by atoms with Crippen molar-refractivity contribution in [2.24, 2.45) is 0 Å². The minimum absolute atomic E-state index is 0.0149. The second kappa shape index (κ2) is 7.45. The number of Topliss-reactive ketones (excluding diaryl/α,β-unsaturated/α-hetero) is 1. The van der Waals surface area contributed by atoms with Gasteiger partial charge in [-0.3, -0.25) is 9.59 Å². The number of hydrogen-bond donors (Lipinski definition) is 1. The average molecular weight is 293 g/mol. The number of ether oxygens (including phenoxy) is 1. The summed E-state index contributed by atoms with van der Waals surface area (Å²) in [5, 5.41) is 2.89. The Labute approximate surface area is 123 Å². The molecule has 1 aliphatic heterocycles. The van der Waals surface area contributed by atoms with E-state index >= 15 is 0 Å². The van der Waals surface area contributed by atoms with E-state index in [2.05, 4.69) is 5.32 Å². The van der Waals surface area contributed by atoms with Crippen molar-refractivity contribution in [1.29, 1.82) is 0 Å². The smallest absolute Gasteiger partial charge is 0.230 e. The summed E-state index contributed by atoms with van der Waals surface area (Å²) in [5.74, 6) is 0.448. The number of amides is 1. The zero-order chi connectivity index (χ0) is 14.4. The molecule has 1 saturated heterocycles. The van der Waals surface area contributed by atoms with Crippen LogP contribution >= 0.6 is 11.8 Å². The van der Waals surface area contributed by atoms with E-state index in [0.29, 0.717) is 17.9 Å². The van der Waals surface area contributed by atoms with E-state index < -0.39 is 0 Å². The van der Waals surface area contributed by atoms with Gasteiger partial charge >= 0.3 is 0 Å². The van der Waals surface area contributed by atoms with E-state index in [1.165, 1.54) is 11.8 Å². The highest BCUT2D eigenvalue weighted by atomic mass is 32.2. The fraction of sp³-hybridized carbons (Fsp3) is 0.467. The van der Waals surface area contributed by atoms with Crippen molar-refractivity contribution in [2.75, 3.05) is 18.9 Å². The summed E-state index contributed by atoms with van der Waals surface area (Å²) in [7, 11) is 0. The fourth-order valence-corrected chi connectivity index (χ4v) is 2.75. The van der Waals surface area contributed by atoms with Gasteiger partial charge in [-0.25, -0.2) is 0 Å². The standard InChI is InChI=1S/C15H19NO3S/c1-11(17)12-4-6-14(7-5-12)20-10-15(18)16-9-13-3-2-8-19-13/h4-7,13H,2-3,8-10H2,1H3,(H,16,18). The molecule has 0 bridgehead atoms. The Bertz CT molecular complexity index is 467. The maximum atomic E-state index is 11.7. The molecular weight excluding hydrogens is 274 g/mol. The van der Waals surface area contributed by atoms with Crippen LogP contribution in [0.5, 0.6) is 0 Å². The monoisotopic (exact) mass is 293 g/mol. The number of carbonyl (C=O) groups excluding carboxylic acids is 2. The third kappa shape index (κ3) is 4.65. The van der Waals surface area contributed by atoms with Crippen LogP contribution in [0.2, 0.25) is 0 Å². The SMILES string of the molecule is CC(=O)c1ccc(SCC(=O)NCC2CCCO2)cc1. The van der Waals surface area contributed by atoms with E-state index in [1.54, 1.807) is 19.1 Å². The minimum Gasteiger partial charge on any atom is -0.376 e. The molecule has 20 heavy (non-hydrogen) atoms. The third-order valence-electron chi connectivity index (χ3n) is 3.18. The molecule has 1 atom stereocenters. The predicted octanol–water partition coefficient (Wildman–Crippen LogP) is 2.28. The Balaban J connectivity index is 1.70. The molecule has 108 valence electrons. The molecule has 1 unspecified atom stereocenters. The quantitative estimate of drug-likeness (QED) is 0.646. The molecule has 0 aromatic heterocycles. The van der Waals surface area contributed by atoms with Crippen molar-refractivity contribution in [1.82, 2.24) is 5.32 Å². The molecule has 4 nitrogen and oxygen atoms in total. The molecule has 2 rings (SSSR count). The second-order valence-electron chi connectivity index (χ2n) is 4.81. The summed E-state index contributed by atoms with van der Waals surface area (Å²) in [6.45, 7) is 2.95. The van der Waals surface area contributed by atoms with E-state index in [-0.39, 0.29) is 17.8 Å². The summed E-state index contributed by atoms with van der Waals surface area (Å²) in [5.41, 5.74) is 0.692. The molecule has 1 fully saturated rings. The van der Waals surface area contributed by atoms with Gasteiger partial charge in [-0.05, 0) is 31.9 Å². The molecule has 0 radical (unpaired) electrons. The van der Waals surface area contributed by atoms with Crippen LogP contribution in [0.4, 0.5) is 0 Å². The number of rotatable bonds is 6. The first kappa shape index (κ1) is 15.1. The molecule has 1 aromatic rings. The number of ketones is 1. The average Bonchev–Trinajstić information content (AvgIpc) is 2.96. The summed E-state index contributed by atoms with van der Waals surface area (Å²) in [6, 6.07) is 7.31. The van der Waals surface area contributed by atoms with Gasteiger partial charge in [0.1, 0.15) is 0 Å². The lowest BCUT2D eigenvalue weighted by molar-refractivity contribution is -0.119. The summed E-state index contributed by atoms with van der Waals surface area (Å²) >= 11 is 1.47. The molecule has 1 heterocycles. The minimum atomic E-state index is 0.0149. The van der Waals surface area contributed by atoms with Crippen LogP contribution in [-0.2, 0) is 9.53 Å². The lowest BCUT2D eigenvalue weighted by atomic mass is 10.2. The predicted molar refractivity (Wildman–Crippen MR) is 79.2 cm³/mol. The maximum absolute atomic E-state index is 11.7. The van der Waals surface area contributed by atoms with Gasteiger partial charge in [0.05, 0.1) is 11.9 Å². The topological polar surface area (TPSA) is 55.4 Å². The Morgan fingerprint density at radius 2 is 2.10 bits per heavy atom. The van der Waals surface area contributed by atoms with Crippen LogP contribution in [0.25, 0.3) is 0 Å². The first-order valence-corrected chi connectivity index (χ1v) is 7.76. The van der Waals surface area contributed by atoms with Gasteiger partial charge in [0.25, 0.3) is 0 Å². The highest BCUT2D eigenvalue weighted by Gasteiger charge is 2.16. The molecule has 0 aliphatic carbocycles. The van der Waals surface area contributed by atoms with Gasteiger partial charge in [0.2, 0.25) is 5.91 Å². The highest BCUT2D eigenvalue weighted by molar-refractivity contribution is 8.00. The van der Waals surface area contributed by atoms with E-state index in [9.17, 15) is 9.59 Å². The number of benzene rings is 1. The molecule has 0 spiro atoms. The summed E-state index contributed by atoms with van der Waals surface area (Å²) in [4.78, 5) is 23.8. The normalized spacial score (nSPS) is 17.9. The van der Waals surface area contributed by atoms with Gasteiger partial charge < -0.3 is 10.1 Å². The Morgan fingerprint density at radius 1 is 1.35 bits per heavy atom. The molecule has 5 heteroatoms. The second-order valence-corrected chi connectivity index (χ2v) is 5.86. The first-order valence-electron chi connectivity index (χ1n) is 6.77. The Hall–Kier alpha value is -1.33. The number of carbonyl (C=O) groups is 2. The van der Waals surface area contributed by atoms with Crippen LogP contribution in [0.3, 0.4) is 0 Å². The number of thioether (sulfide) groups is 1. The summed E-state index contributed by atoms with van der Waals surface area (Å²) < 4.78 is 5.45. The van der Waals surface area contributed by atoms with E-state index in [0.717, 1.165) is 24.3 Å². The molecule has 1 amide bonds. The largest absolute Gasteiger partial charge is 0.376 e. The Kier molecular flexibility index (Phi) is 5.61. The van der Waals surface area contributed by atoms with E-state index in [4.69, 9.17) is 4.74 Å². The number of nitrogens with one attached hydrogen (secondary N) is 1. The zero-order valence-corrected chi connectivity index (χ0v) is 12.4. The van der Waals surface area contributed by atoms with Gasteiger partial charge in [-0.15, -0.1) is 11.8 Å². The van der Waals surface area contributed by atoms with Crippen molar-refractivity contribution in [3.8, 4) is 0 Å². The lowest BCUT2D eigenvalue weighted by Crippen LogP contribution is -2.32. The number of hydrogen-bond acceptors (Lipinski definition) is 4. The molecule has 1 N–H and O–H groups in total. The van der Waals surface area contributed by atoms with Crippen molar-refractivity contribution < 1.29 is 14.3 Å². The highest BCUT2D eigenvalue weighted by Crippen LogP contribution is 2.18.